The van der Waals surface area contributed by atoms with Crippen molar-refractivity contribution in [2.24, 2.45) is 0 Å². The minimum atomic E-state index is 0.281. The summed E-state index contributed by atoms with van der Waals surface area (Å²) in [5.74, 6) is 5.58. The number of hydrogen-bond donors (Lipinski definition) is 0. The summed E-state index contributed by atoms with van der Waals surface area (Å²) < 4.78 is 0. The van der Waals surface area contributed by atoms with E-state index in [9.17, 15) is 0 Å². The van der Waals surface area contributed by atoms with Crippen LogP contribution in [0.1, 0.15) is 178 Å². The maximum absolute atomic E-state index is 2.58. The molecule has 0 aliphatic carbocycles. The van der Waals surface area contributed by atoms with E-state index in [4.69, 9.17) is 0 Å². The van der Waals surface area contributed by atoms with Gasteiger partial charge >= 0.3 is 0 Å². The van der Waals surface area contributed by atoms with E-state index >= 15 is 0 Å². The second-order valence-electron chi connectivity index (χ2n) is 13.2. The molecule has 0 fully saturated rings. The average Bonchev–Trinajstić information content (AvgIpc) is 2.82. The lowest BCUT2D eigenvalue weighted by Gasteiger charge is -2.31. The van der Waals surface area contributed by atoms with E-state index in [1.165, 1.54) is 46.2 Å². The number of unbranched alkanes of at least 4 members (excludes halogenated alkanes) is 2. The van der Waals surface area contributed by atoms with E-state index in [2.05, 4.69) is 126 Å². The standard InChI is InChI=1S/C36H57B/c1-14-15-16-17-18-37(35-31(25(6)7)19-29(23(2)3)20-32(35)26(8)9)36-33(27(10)11)21-30(24(4)5)22-34(36)28(12)13/h17-28H,14-16H2,1-13H3/b18-17+. The monoisotopic (exact) mass is 500 g/mol. The summed E-state index contributed by atoms with van der Waals surface area (Å²) in [6.07, 6.45) is 6.14. The highest BCUT2D eigenvalue weighted by atomic mass is 14.2. The lowest BCUT2D eigenvalue weighted by atomic mass is 9.36. The van der Waals surface area contributed by atoms with E-state index < -0.39 is 0 Å². The van der Waals surface area contributed by atoms with Gasteiger partial charge in [-0.25, -0.2) is 0 Å². The van der Waals surface area contributed by atoms with Gasteiger partial charge in [0.1, 0.15) is 0 Å². The van der Waals surface area contributed by atoms with Crippen LogP contribution in [0, 0.1) is 0 Å². The predicted octanol–water partition coefficient (Wildman–Crippen LogP) is 10.3. The molecule has 0 aromatic heterocycles. The Bertz CT molecular complexity index is 899. The van der Waals surface area contributed by atoms with Crippen LogP contribution in [0.15, 0.2) is 36.3 Å². The molecule has 0 unspecified atom stereocenters. The third-order valence-corrected chi connectivity index (χ3v) is 8.03. The van der Waals surface area contributed by atoms with Crippen molar-refractivity contribution in [3.05, 3.63) is 69.7 Å². The molecule has 2 rings (SSSR count). The largest absolute Gasteiger partial charge is 0.235 e. The van der Waals surface area contributed by atoms with Gasteiger partial charge in [-0.05, 0) is 75.3 Å². The molecule has 0 saturated heterocycles. The summed E-state index contributed by atoms with van der Waals surface area (Å²) in [6, 6.07) is 10.2. The second kappa shape index (κ2) is 13.9. The van der Waals surface area contributed by atoms with E-state index in [0.717, 1.165) is 6.42 Å². The second-order valence-corrected chi connectivity index (χ2v) is 13.2. The fraction of sp³-hybridized carbons (Fsp3) is 0.611. The van der Waals surface area contributed by atoms with Crippen molar-refractivity contribution in [2.75, 3.05) is 0 Å². The first-order valence-corrected chi connectivity index (χ1v) is 15.3. The molecule has 0 saturated carbocycles. The Morgan fingerprint density at radius 2 is 0.865 bits per heavy atom. The molecule has 0 aliphatic rings. The van der Waals surface area contributed by atoms with Crippen LogP contribution >= 0.6 is 0 Å². The van der Waals surface area contributed by atoms with Gasteiger partial charge in [0.15, 0.2) is 0 Å². The lowest BCUT2D eigenvalue weighted by Crippen LogP contribution is -2.49. The normalized spacial score (nSPS) is 12.5. The molecule has 0 N–H and O–H groups in total. The highest BCUT2D eigenvalue weighted by Crippen LogP contribution is 2.30. The first-order chi connectivity index (χ1) is 17.3. The topological polar surface area (TPSA) is 0 Å². The molecule has 37 heavy (non-hydrogen) atoms. The minimum absolute atomic E-state index is 0.281. The quantitative estimate of drug-likeness (QED) is 0.201. The Hall–Kier alpha value is -1.76. The molecule has 204 valence electrons. The maximum atomic E-state index is 2.58. The minimum Gasteiger partial charge on any atom is -0.109 e. The van der Waals surface area contributed by atoms with E-state index in [0.29, 0.717) is 35.5 Å². The van der Waals surface area contributed by atoms with E-state index in [1.807, 2.05) is 0 Å². The van der Waals surface area contributed by atoms with Crippen LogP contribution in [-0.4, -0.2) is 6.71 Å². The number of allylic oxidation sites excluding steroid dienone is 1. The Labute approximate surface area is 231 Å². The lowest BCUT2D eigenvalue weighted by molar-refractivity contribution is 0.809. The molecule has 0 spiro atoms. The summed E-state index contributed by atoms with van der Waals surface area (Å²) in [5.41, 5.74) is 12.3. The van der Waals surface area contributed by atoms with Crippen LogP contribution in [-0.2, 0) is 0 Å². The number of benzene rings is 2. The van der Waals surface area contributed by atoms with Gasteiger partial charge in [0, 0.05) is 0 Å². The summed E-state index contributed by atoms with van der Waals surface area (Å²) >= 11 is 0. The zero-order valence-electron chi connectivity index (χ0n) is 26.6. The van der Waals surface area contributed by atoms with Crippen LogP contribution in [0.25, 0.3) is 0 Å². The first kappa shape index (κ1) is 31.5. The molecule has 0 aliphatic heterocycles. The molecule has 0 heterocycles. The zero-order valence-corrected chi connectivity index (χ0v) is 26.6. The molecule has 2 aromatic rings. The molecule has 2 aromatic carbocycles. The van der Waals surface area contributed by atoms with Gasteiger partial charge in [-0.3, -0.25) is 0 Å². The molecular weight excluding hydrogens is 443 g/mol. The van der Waals surface area contributed by atoms with Gasteiger partial charge in [0.2, 0.25) is 6.71 Å². The average molecular weight is 501 g/mol. The molecular formula is C36H57B. The van der Waals surface area contributed by atoms with Crippen molar-refractivity contribution >= 4 is 17.6 Å². The molecule has 0 nitrogen and oxygen atoms in total. The number of rotatable bonds is 12. The van der Waals surface area contributed by atoms with Crippen LogP contribution in [0.4, 0.5) is 0 Å². The van der Waals surface area contributed by atoms with Gasteiger partial charge in [0.05, 0.1) is 0 Å². The third kappa shape index (κ3) is 7.65. The third-order valence-electron chi connectivity index (χ3n) is 8.03. The van der Waals surface area contributed by atoms with E-state index in [1.54, 1.807) is 10.9 Å². The van der Waals surface area contributed by atoms with E-state index in [-0.39, 0.29) is 6.71 Å². The Morgan fingerprint density at radius 1 is 0.541 bits per heavy atom. The Balaban J connectivity index is 3.08. The van der Waals surface area contributed by atoms with Gasteiger partial charge < -0.3 is 0 Å². The highest BCUT2D eigenvalue weighted by molar-refractivity contribution is 6.90. The summed E-state index contributed by atoms with van der Waals surface area (Å²) in [4.78, 5) is 0. The SMILES string of the molecule is CCCC/C=C/B(c1c(C(C)C)cc(C(C)C)cc1C(C)C)c1c(C(C)C)cc(C(C)C)cc1C(C)C. The Morgan fingerprint density at radius 3 is 1.11 bits per heavy atom. The Kier molecular flexibility index (Phi) is 11.8. The van der Waals surface area contributed by atoms with Crippen LogP contribution in [0.2, 0.25) is 0 Å². The van der Waals surface area contributed by atoms with Crippen molar-refractivity contribution in [2.45, 2.75) is 145 Å². The fourth-order valence-electron chi connectivity index (χ4n) is 5.63. The summed E-state index contributed by atoms with van der Waals surface area (Å²) in [7, 11) is 0. The van der Waals surface area contributed by atoms with Crippen molar-refractivity contribution in [1.29, 1.82) is 0 Å². The van der Waals surface area contributed by atoms with Gasteiger partial charge in [-0.1, -0.05) is 144 Å². The van der Waals surface area contributed by atoms with Crippen molar-refractivity contribution in [3.8, 4) is 0 Å². The molecule has 0 bridgehead atoms. The molecule has 0 radical (unpaired) electrons. The van der Waals surface area contributed by atoms with Gasteiger partial charge in [0.25, 0.3) is 0 Å². The fourth-order valence-corrected chi connectivity index (χ4v) is 5.63. The van der Waals surface area contributed by atoms with Crippen molar-refractivity contribution in [3.63, 3.8) is 0 Å². The predicted molar refractivity (Wildman–Crippen MR) is 171 cm³/mol. The maximum Gasteiger partial charge on any atom is 0.235 e. The first-order valence-electron chi connectivity index (χ1n) is 15.3. The van der Waals surface area contributed by atoms with Crippen LogP contribution < -0.4 is 10.9 Å². The molecule has 0 atom stereocenters. The molecule has 1 heteroatoms. The number of hydrogen-bond acceptors (Lipinski definition) is 0. The van der Waals surface area contributed by atoms with Gasteiger partial charge in [-0.2, -0.15) is 0 Å². The van der Waals surface area contributed by atoms with Crippen LogP contribution in [0.5, 0.6) is 0 Å². The summed E-state index contributed by atoms with van der Waals surface area (Å²) in [5, 5.41) is 0. The van der Waals surface area contributed by atoms with Crippen LogP contribution in [0.3, 0.4) is 0 Å². The van der Waals surface area contributed by atoms with Crippen molar-refractivity contribution < 1.29 is 0 Å². The highest BCUT2D eigenvalue weighted by Gasteiger charge is 2.31. The molecule has 0 amide bonds. The van der Waals surface area contributed by atoms with Gasteiger partial charge in [-0.15, -0.1) is 5.98 Å². The van der Waals surface area contributed by atoms with Crippen molar-refractivity contribution in [1.82, 2.24) is 0 Å². The zero-order chi connectivity index (χ0) is 28.0. The smallest absolute Gasteiger partial charge is 0.109 e. The summed E-state index contributed by atoms with van der Waals surface area (Å²) in [6.45, 7) is 31.0.